The number of benzene rings is 1. The molecule has 0 atom stereocenters. The third-order valence-electron chi connectivity index (χ3n) is 5.29. The lowest BCUT2D eigenvalue weighted by Crippen LogP contribution is -2.27. The van der Waals surface area contributed by atoms with E-state index in [2.05, 4.69) is 41.2 Å². The molecule has 0 saturated heterocycles. The lowest BCUT2D eigenvalue weighted by atomic mass is 10.1. The fourth-order valence-electron chi connectivity index (χ4n) is 3.27. The molecule has 39 heavy (non-hydrogen) atoms. The number of nitrogens with one attached hydrogen (secondary N) is 4. The van der Waals surface area contributed by atoms with Crippen molar-refractivity contribution in [2.24, 2.45) is 5.73 Å². The van der Waals surface area contributed by atoms with Gasteiger partial charge in [-0.2, -0.15) is 15.0 Å². The Hall–Kier alpha value is -3.91. The van der Waals surface area contributed by atoms with Gasteiger partial charge in [-0.15, -0.1) is 0 Å². The molecule has 2 heterocycles. The van der Waals surface area contributed by atoms with Crippen molar-refractivity contribution in [3.63, 3.8) is 0 Å². The maximum absolute atomic E-state index is 12.4. The van der Waals surface area contributed by atoms with Crippen LogP contribution in [-0.4, -0.2) is 83.6 Å². The smallest absolute Gasteiger partial charge is 0.251 e. The highest BCUT2D eigenvalue weighted by molar-refractivity contribution is 5.94. The number of amides is 1. The number of rotatable bonds is 19. The van der Waals surface area contributed by atoms with Crippen molar-refractivity contribution in [2.45, 2.75) is 19.5 Å². The Morgan fingerprint density at radius 3 is 1.97 bits per heavy atom. The normalized spacial score (nSPS) is 10.7. The van der Waals surface area contributed by atoms with Crippen LogP contribution in [0.5, 0.6) is 0 Å². The van der Waals surface area contributed by atoms with Gasteiger partial charge in [0.15, 0.2) is 0 Å². The number of hydrogen-bond acceptors (Lipinski definition) is 12. The second kappa shape index (κ2) is 17.6. The van der Waals surface area contributed by atoms with E-state index in [-0.39, 0.29) is 12.5 Å². The number of nitrogens with zero attached hydrogens (tertiary/aromatic N) is 4. The summed E-state index contributed by atoms with van der Waals surface area (Å²) in [4.78, 5) is 29.7. The van der Waals surface area contributed by atoms with Gasteiger partial charge in [-0.1, -0.05) is 12.1 Å². The van der Waals surface area contributed by atoms with E-state index < -0.39 is 0 Å². The van der Waals surface area contributed by atoms with Gasteiger partial charge < -0.3 is 41.6 Å². The fraction of sp³-hybridized carbons (Fsp3) is 0.423. The first-order chi connectivity index (χ1) is 19.2. The molecule has 13 nitrogen and oxygen atoms in total. The van der Waals surface area contributed by atoms with Crippen LogP contribution in [0.2, 0.25) is 0 Å². The molecule has 0 saturated carbocycles. The van der Waals surface area contributed by atoms with E-state index in [1.54, 1.807) is 24.5 Å². The summed E-state index contributed by atoms with van der Waals surface area (Å²) in [5.41, 5.74) is 7.90. The molecule has 1 amide bonds. The molecule has 7 N–H and O–H groups in total. The van der Waals surface area contributed by atoms with Crippen LogP contribution in [0, 0.1) is 0 Å². The van der Waals surface area contributed by atoms with Crippen molar-refractivity contribution in [3.8, 4) is 0 Å². The Balaban J connectivity index is 1.49. The van der Waals surface area contributed by atoms with Gasteiger partial charge in [0.05, 0.1) is 26.4 Å². The zero-order valence-electron chi connectivity index (χ0n) is 21.9. The van der Waals surface area contributed by atoms with E-state index in [0.29, 0.717) is 89.0 Å². The van der Waals surface area contributed by atoms with Crippen molar-refractivity contribution in [2.75, 3.05) is 68.6 Å². The molecule has 1 aromatic carbocycles. The molecule has 0 spiro atoms. The first-order valence-corrected chi connectivity index (χ1v) is 12.9. The third kappa shape index (κ3) is 11.6. The van der Waals surface area contributed by atoms with Gasteiger partial charge in [-0.3, -0.25) is 9.78 Å². The Morgan fingerprint density at radius 2 is 1.36 bits per heavy atom. The Morgan fingerprint density at radius 1 is 0.769 bits per heavy atom. The SMILES string of the molecule is NCCOCCOCCNC(=O)c1ccc(CNc2nc(NCCCO)nc(NCc3ccncc3)n2)cc1. The Bertz CT molecular complexity index is 1100. The molecular formula is C26H37N9O4. The van der Waals surface area contributed by atoms with Crippen molar-refractivity contribution in [1.82, 2.24) is 25.3 Å². The predicted octanol–water partition coefficient (Wildman–Crippen LogP) is 1.01. The van der Waals surface area contributed by atoms with Gasteiger partial charge >= 0.3 is 0 Å². The van der Waals surface area contributed by atoms with Crippen LogP contribution >= 0.6 is 0 Å². The zero-order chi connectivity index (χ0) is 27.5. The second-order valence-electron chi connectivity index (χ2n) is 8.34. The average molecular weight is 540 g/mol. The molecule has 0 aliphatic carbocycles. The molecule has 210 valence electrons. The number of nitrogens with two attached hydrogens (primary N) is 1. The number of pyridine rings is 1. The van der Waals surface area contributed by atoms with E-state index in [1.807, 2.05) is 24.3 Å². The first kappa shape index (κ1) is 29.6. The molecule has 2 aromatic heterocycles. The molecule has 0 aliphatic rings. The van der Waals surface area contributed by atoms with Gasteiger partial charge in [0.2, 0.25) is 17.8 Å². The van der Waals surface area contributed by atoms with Gasteiger partial charge in [-0.25, -0.2) is 0 Å². The summed E-state index contributed by atoms with van der Waals surface area (Å²) in [6, 6.07) is 11.1. The Labute approximate surface area is 228 Å². The number of carbonyl (C=O) groups excluding carboxylic acids is 1. The minimum atomic E-state index is -0.168. The van der Waals surface area contributed by atoms with Crippen LogP contribution in [-0.2, 0) is 22.6 Å². The van der Waals surface area contributed by atoms with Crippen LogP contribution in [0.3, 0.4) is 0 Å². The van der Waals surface area contributed by atoms with Crippen LogP contribution < -0.4 is 27.0 Å². The number of aliphatic hydroxyl groups excluding tert-OH is 1. The summed E-state index contributed by atoms with van der Waals surface area (Å²) in [7, 11) is 0. The molecule has 0 unspecified atom stereocenters. The highest BCUT2D eigenvalue weighted by Crippen LogP contribution is 2.13. The number of ether oxygens (including phenoxy) is 2. The quantitative estimate of drug-likeness (QED) is 0.119. The molecule has 13 heteroatoms. The molecular weight excluding hydrogens is 502 g/mol. The van der Waals surface area contributed by atoms with Gasteiger partial charge in [0, 0.05) is 57.3 Å². The molecule has 3 aromatic rings. The standard InChI is InChI=1S/C26H37N9O4/c27-8-14-38-16-17-39-15-12-29-23(37)22-4-2-20(3-5-22)18-31-25-33-24(30-9-1-13-36)34-26(35-25)32-19-21-6-10-28-11-7-21/h2-7,10-11,36H,1,8-9,12-19,27H2,(H,29,37)(H3,30,31,32,33,34,35). The monoisotopic (exact) mass is 539 g/mol. The van der Waals surface area contributed by atoms with E-state index in [4.69, 9.17) is 20.3 Å². The summed E-state index contributed by atoms with van der Waals surface area (Å²) >= 11 is 0. The molecule has 0 aliphatic heterocycles. The van der Waals surface area contributed by atoms with E-state index in [0.717, 1.165) is 11.1 Å². The molecule has 3 rings (SSSR count). The van der Waals surface area contributed by atoms with Crippen molar-refractivity contribution in [3.05, 3.63) is 65.5 Å². The van der Waals surface area contributed by atoms with Crippen LogP contribution in [0.4, 0.5) is 17.8 Å². The van der Waals surface area contributed by atoms with Crippen molar-refractivity contribution < 1.29 is 19.4 Å². The highest BCUT2D eigenvalue weighted by atomic mass is 16.5. The topological polar surface area (TPSA) is 181 Å². The second-order valence-corrected chi connectivity index (χ2v) is 8.34. The van der Waals surface area contributed by atoms with Crippen LogP contribution in [0.1, 0.15) is 27.9 Å². The number of anilines is 3. The Kier molecular flexibility index (Phi) is 13.4. The van der Waals surface area contributed by atoms with Crippen molar-refractivity contribution >= 4 is 23.8 Å². The number of aromatic nitrogens is 4. The van der Waals surface area contributed by atoms with Gasteiger partial charge in [-0.05, 0) is 41.8 Å². The lowest BCUT2D eigenvalue weighted by molar-refractivity contribution is 0.0511. The highest BCUT2D eigenvalue weighted by Gasteiger charge is 2.08. The van der Waals surface area contributed by atoms with Crippen LogP contribution in [0.25, 0.3) is 0 Å². The van der Waals surface area contributed by atoms with Gasteiger partial charge in [0.25, 0.3) is 5.91 Å². The minimum absolute atomic E-state index is 0.0726. The number of aliphatic hydroxyl groups is 1. The summed E-state index contributed by atoms with van der Waals surface area (Å²) < 4.78 is 10.6. The summed E-state index contributed by atoms with van der Waals surface area (Å²) in [6.45, 7) is 4.33. The summed E-state index contributed by atoms with van der Waals surface area (Å²) in [5, 5.41) is 21.4. The first-order valence-electron chi connectivity index (χ1n) is 12.9. The predicted molar refractivity (Wildman–Crippen MR) is 148 cm³/mol. The largest absolute Gasteiger partial charge is 0.396 e. The number of carbonyl (C=O) groups is 1. The van der Waals surface area contributed by atoms with E-state index in [9.17, 15) is 4.79 Å². The molecule has 0 radical (unpaired) electrons. The maximum Gasteiger partial charge on any atom is 0.251 e. The summed E-state index contributed by atoms with van der Waals surface area (Å²) in [6.07, 6.45) is 4.03. The van der Waals surface area contributed by atoms with Gasteiger partial charge in [0.1, 0.15) is 0 Å². The zero-order valence-corrected chi connectivity index (χ0v) is 21.9. The van der Waals surface area contributed by atoms with Crippen molar-refractivity contribution in [1.29, 1.82) is 0 Å². The van der Waals surface area contributed by atoms with E-state index >= 15 is 0 Å². The minimum Gasteiger partial charge on any atom is -0.396 e. The van der Waals surface area contributed by atoms with Crippen LogP contribution in [0.15, 0.2) is 48.8 Å². The maximum atomic E-state index is 12.4. The average Bonchev–Trinajstić information content (AvgIpc) is 2.97. The number of hydrogen-bond donors (Lipinski definition) is 6. The fourth-order valence-corrected chi connectivity index (χ4v) is 3.27. The lowest BCUT2D eigenvalue weighted by Gasteiger charge is -2.12. The molecule has 0 fully saturated rings. The summed E-state index contributed by atoms with van der Waals surface area (Å²) in [5.74, 6) is 1.04. The molecule has 0 bridgehead atoms. The third-order valence-corrected chi connectivity index (χ3v) is 5.29. The van der Waals surface area contributed by atoms with E-state index in [1.165, 1.54) is 0 Å².